The Morgan fingerprint density at radius 1 is 0.613 bits per heavy atom. The van der Waals surface area contributed by atoms with Crippen molar-refractivity contribution in [2.45, 2.75) is 45.7 Å². The summed E-state index contributed by atoms with van der Waals surface area (Å²) in [7, 11) is 0. The number of hydrogen-bond acceptors (Lipinski definition) is 11. The number of benzene rings is 2. The number of anilines is 2. The number of fused-ring (bicyclic) bond motifs is 2. The first kappa shape index (κ1) is 40.6. The highest BCUT2D eigenvalue weighted by molar-refractivity contribution is 7.13. The molecule has 2 aliphatic heterocycles. The number of nitrogens with zero attached hydrogens (tertiary/aromatic N) is 8. The van der Waals surface area contributed by atoms with E-state index < -0.39 is 0 Å². The Bertz CT molecular complexity index is 2810. The van der Waals surface area contributed by atoms with E-state index in [9.17, 15) is 9.59 Å². The van der Waals surface area contributed by atoms with Crippen LogP contribution in [-0.2, 0) is 13.1 Å². The Morgan fingerprint density at radius 2 is 1.24 bits per heavy atom. The smallest absolute Gasteiger partial charge is 0.276 e. The van der Waals surface area contributed by atoms with Crippen molar-refractivity contribution in [1.82, 2.24) is 39.7 Å². The SMILES string of the molecule is Cc1cc(-c2ccc(CN3CCCC3)nc2)c2nc(C(=O)Nc3cccnc3)ccc2c1.O=C(Nc1nccs1)c1ccc2cccc(-c3ccc(CN4CCCC4)nc3)c2n1. The van der Waals surface area contributed by atoms with Crippen molar-refractivity contribution >= 4 is 55.8 Å². The lowest BCUT2D eigenvalue weighted by Gasteiger charge is -2.14. The molecule has 10 rings (SSSR count). The van der Waals surface area contributed by atoms with Gasteiger partial charge in [-0.15, -0.1) is 11.3 Å². The fraction of sp³-hybridized carbons (Fsp3) is 0.224. The zero-order valence-electron chi connectivity index (χ0n) is 34.5. The average Bonchev–Trinajstić information content (AvgIpc) is 4.13. The second-order valence-electron chi connectivity index (χ2n) is 15.7. The van der Waals surface area contributed by atoms with E-state index in [1.807, 2.05) is 48.1 Å². The molecular formula is C49H46N10O2S. The predicted molar refractivity (Wildman–Crippen MR) is 246 cm³/mol. The van der Waals surface area contributed by atoms with Gasteiger partial charge in [0, 0.05) is 76.3 Å². The number of likely N-dealkylation sites (tertiary alicyclic amines) is 2. The minimum Gasteiger partial charge on any atom is -0.319 e. The molecule has 0 atom stereocenters. The number of carbonyl (C=O) groups is 2. The van der Waals surface area contributed by atoms with Crippen LogP contribution < -0.4 is 10.6 Å². The number of hydrogen-bond donors (Lipinski definition) is 2. The van der Waals surface area contributed by atoms with Gasteiger partial charge in [-0.2, -0.15) is 0 Å². The fourth-order valence-electron chi connectivity index (χ4n) is 8.01. The summed E-state index contributed by atoms with van der Waals surface area (Å²) in [6, 6.07) is 29.6. The van der Waals surface area contributed by atoms with Crippen LogP contribution in [0.5, 0.6) is 0 Å². The molecule has 62 heavy (non-hydrogen) atoms. The number of pyridine rings is 5. The summed E-state index contributed by atoms with van der Waals surface area (Å²) in [5.41, 5.74) is 10.2. The van der Waals surface area contributed by atoms with Crippen LogP contribution in [0.2, 0.25) is 0 Å². The first-order chi connectivity index (χ1) is 30.4. The lowest BCUT2D eigenvalue weighted by molar-refractivity contribution is 0.101. The first-order valence-corrected chi connectivity index (χ1v) is 21.9. The van der Waals surface area contributed by atoms with Gasteiger partial charge in [-0.1, -0.05) is 42.5 Å². The zero-order valence-corrected chi connectivity index (χ0v) is 35.3. The number of carbonyl (C=O) groups excluding carboxylic acids is 2. The van der Waals surface area contributed by atoms with Crippen molar-refractivity contribution in [3.63, 3.8) is 0 Å². The van der Waals surface area contributed by atoms with Crippen LogP contribution >= 0.6 is 11.3 Å². The summed E-state index contributed by atoms with van der Waals surface area (Å²) in [6.07, 6.45) is 13.9. The van der Waals surface area contributed by atoms with E-state index in [4.69, 9.17) is 9.97 Å². The molecule has 2 amide bonds. The number of thiazole rings is 1. The largest absolute Gasteiger partial charge is 0.319 e. The van der Waals surface area contributed by atoms with Gasteiger partial charge in [0.1, 0.15) is 11.4 Å². The highest BCUT2D eigenvalue weighted by Crippen LogP contribution is 2.30. The van der Waals surface area contributed by atoms with Crippen molar-refractivity contribution in [1.29, 1.82) is 0 Å². The van der Waals surface area contributed by atoms with E-state index in [1.165, 1.54) is 37.0 Å². The van der Waals surface area contributed by atoms with Gasteiger partial charge < -0.3 is 5.32 Å². The maximum Gasteiger partial charge on any atom is 0.276 e. The molecule has 0 aliphatic carbocycles. The summed E-state index contributed by atoms with van der Waals surface area (Å²) < 4.78 is 0. The molecule has 2 fully saturated rings. The molecule has 12 nitrogen and oxygen atoms in total. The number of aromatic nitrogens is 6. The van der Waals surface area contributed by atoms with E-state index >= 15 is 0 Å². The van der Waals surface area contributed by atoms with Crippen molar-refractivity contribution in [3.8, 4) is 22.3 Å². The van der Waals surface area contributed by atoms with Gasteiger partial charge in [0.25, 0.3) is 11.8 Å². The molecule has 13 heteroatoms. The van der Waals surface area contributed by atoms with E-state index in [2.05, 4.69) is 83.7 Å². The minimum absolute atomic E-state index is 0.259. The van der Waals surface area contributed by atoms with Crippen LogP contribution in [0.1, 0.15) is 63.6 Å². The summed E-state index contributed by atoms with van der Waals surface area (Å²) in [6.45, 7) is 8.48. The highest BCUT2D eigenvalue weighted by atomic mass is 32.1. The number of para-hydroxylation sites is 1. The molecule has 6 aromatic heterocycles. The monoisotopic (exact) mass is 838 g/mol. The summed E-state index contributed by atoms with van der Waals surface area (Å²) in [5.74, 6) is -0.522. The standard InChI is InChI=1S/C26H25N5O.C23H21N5OS/c1-18-13-19-7-9-24(26(32)29-21-5-4-10-27-16-21)30-25(19)23(14-18)20-6-8-22(28-15-20)17-31-11-2-3-12-31;29-22(27-23-24-10-13-30-23)20-9-7-16-4-3-5-19(21(16)26-20)17-6-8-18(25-14-17)15-28-11-1-2-12-28/h4-10,13-16H,2-3,11-12,17H2,1H3,(H,29,32);3-10,13-14H,1-2,11-12,15H2,(H,24,27,29). The third kappa shape index (κ3) is 9.71. The molecule has 2 N–H and O–H groups in total. The number of aryl methyl sites for hydroxylation is 1. The third-order valence-electron chi connectivity index (χ3n) is 11.1. The summed E-state index contributed by atoms with van der Waals surface area (Å²) in [4.78, 5) is 57.2. The number of amides is 2. The molecule has 0 spiro atoms. The van der Waals surface area contributed by atoms with Crippen LogP contribution in [0.15, 0.2) is 127 Å². The highest BCUT2D eigenvalue weighted by Gasteiger charge is 2.17. The van der Waals surface area contributed by atoms with Gasteiger partial charge in [-0.25, -0.2) is 15.0 Å². The molecule has 2 saturated heterocycles. The quantitative estimate of drug-likeness (QED) is 0.137. The van der Waals surface area contributed by atoms with Crippen LogP contribution in [0.25, 0.3) is 44.1 Å². The maximum atomic E-state index is 12.8. The third-order valence-corrected chi connectivity index (χ3v) is 11.8. The Hall–Kier alpha value is -6.80. The molecule has 310 valence electrons. The molecule has 0 radical (unpaired) electrons. The topological polar surface area (TPSA) is 142 Å². The van der Waals surface area contributed by atoms with Crippen LogP contribution in [0, 0.1) is 6.92 Å². The Morgan fingerprint density at radius 3 is 1.84 bits per heavy atom. The van der Waals surface area contributed by atoms with Gasteiger partial charge in [0.05, 0.1) is 34.3 Å². The number of rotatable bonds is 10. The second-order valence-corrected chi connectivity index (χ2v) is 16.6. The predicted octanol–water partition coefficient (Wildman–Crippen LogP) is 9.45. The zero-order chi connectivity index (χ0) is 42.3. The minimum atomic E-state index is -0.263. The Kier molecular flexibility index (Phi) is 12.3. The Labute approximate surface area is 364 Å². The molecule has 0 unspecified atom stereocenters. The molecular weight excluding hydrogens is 793 g/mol. The van der Waals surface area contributed by atoms with Gasteiger partial charge in [-0.05, 0) is 113 Å². The van der Waals surface area contributed by atoms with Crippen LogP contribution in [0.3, 0.4) is 0 Å². The van der Waals surface area contributed by atoms with E-state index in [-0.39, 0.29) is 11.8 Å². The van der Waals surface area contributed by atoms with Gasteiger partial charge in [-0.3, -0.25) is 39.7 Å². The normalized spacial score (nSPS) is 14.1. The molecule has 0 saturated carbocycles. The van der Waals surface area contributed by atoms with Crippen LogP contribution in [-0.4, -0.2) is 77.7 Å². The molecule has 2 aromatic carbocycles. The first-order valence-electron chi connectivity index (χ1n) is 21.0. The molecule has 2 aliphatic rings. The molecule has 8 heterocycles. The number of nitrogens with one attached hydrogen (secondary N) is 2. The van der Waals surface area contributed by atoms with Crippen molar-refractivity contribution in [3.05, 3.63) is 156 Å². The van der Waals surface area contributed by atoms with Gasteiger partial charge in [0.2, 0.25) is 0 Å². The lowest BCUT2D eigenvalue weighted by atomic mass is 10.00. The summed E-state index contributed by atoms with van der Waals surface area (Å²) in [5, 5.41) is 10.0. The van der Waals surface area contributed by atoms with E-state index in [0.29, 0.717) is 22.2 Å². The lowest BCUT2D eigenvalue weighted by Crippen LogP contribution is -2.18. The Balaban J connectivity index is 0.000000158. The van der Waals surface area contributed by atoms with Gasteiger partial charge >= 0.3 is 0 Å². The average molecular weight is 839 g/mol. The molecule has 8 aromatic rings. The van der Waals surface area contributed by atoms with Crippen molar-refractivity contribution < 1.29 is 9.59 Å². The second kappa shape index (κ2) is 18.9. The van der Waals surface area contributed by atoms with Crippen LogP contribution in [0.4, 0.5) is 10.8 Å². The summed E-state index contributed by atoms with van der Waals surface area (Å²) >= 11 is 1.38. The van der Waals surface area contributed by atoms with E-state index in [0.717, 1.165) is 100 Å². The molecule has 0 bridgehead atoms. The van der Waals surface area contributed by atoms with Gasteiger partial charge in [0.15, 0.2) is 5.13 Å². The van der Waals surface area contributed by atoms with E-state index in [1.54, 1.807) is 42.9 Å². The van der Waals surface area contributed by atoms with Crippen molar-refractivity contribution in [2.24, 2.45) is 0 Å². The maximum absolute atomic E-state index is 12.8. The fourth-order valence-corrected chi connectivity index (χ4v) is 8.53. The van der Waals surface area contributed by atoms with Crippen molar-refractivity contribution in [2.75, 3.05) is 36.8 Å².